The molecule has 88 valence electrons. The number of benzene rings is 1. The van der Waals surface area contributed by atoms with E-state index in [1.807, 2.05) is 13.0 Å². The first-order valence-corrected chi connectivity index (χ1v) is 6.23. The van der Waals surface area contributed by atoms with Gasteiger partial charge in [0.25, 0.3) is 0 Å². The molecule has 1 heterocycles. The van der Waals surface area contributed by atoms with Crippen molar-refractivity contribution in [2.45, 2.75) is 6.92 Å². The van der Waals surface area contributed by atoms with Gasteiger partial charge in [-0.1, -0.05) is 29.3 Å². The van der Waals surface area contributed by atoms with Crippen molar-refractivity contribution in [1.29, 1.82) is 0 Å². The van der Waals surface area contributed by atoms with Crippen LogP contribution in [0.3, 0.4) is 0 Å². The third kappa shape index (κ3) is 2.89. The molecule has 17 heavy (non-hydrogen) atoms. The Kier molecular flexibility index (Phi) is 3.86. The zero-order valence-electron chi connectivity index (χ0n) is 8.75. The molecule has 0 aliphatic heterocycles. The highest BCUT2D eigenvalue weighted by atomic mass is 79.9. The van der Waals surface area contributed by atoms with E-state index in [9.17, 15) is 0 Å². The summed E-state index contributed by atoms with van der Waals surface area (Å²) < 4.78 is 6.15. The van der Waals surface area contributed by atoms with Gasteiger partial charge in [0.1, 0.15) is 16.5 Å². The Balaban J connectivity index is 2.38. The lowest BCUT2D eigenvalue weighted by Gasteiger charge is -2.09. The predicted octanol–water partition coefficient (Wildman–Crippen LogP) is 4.65. The monoisotopic (exact) mass is 332 g/mol. The first-order valence-electron chi connectivity index (χ1n) is 4.68. The maximum Gasteiger partial charge on any atom is 0.238 e. The first-order chi connectivity index (χ1) is 8.08. The van der Waals surface area contributed by atoms with E-state index in [1.165, 1.54) is 6.33 Å². The van der Waals surface area contributed by atoms with E-state index in [4.69, 9.17) is 27.9 Å². The number of hydrogen-bond acceptors (Lipinski definition) is 3. The molecule has 0 aliphatic carbocycles. The van der Waals surface area contributed by atoms with Crippen molar-refractivity contribution in [1.82, 2.24) is 9.97 Å². The summed E-state index contributed by atoms with van der Waals surface area (Å²) in [4.78, 5) is 7.82. The van der Waals surface area contributed by atoms with E-state index in [-0.39, 0.29) is 0 Å². The minimum Gasteiger partial charge on any atom is -0.437 e. The van der Waals surface area contributed by atoms with Crippen molar-refractivity contribution >= 4 is 39.1 Å². The molecule has 0 saturated heterocycles. The minimum atomic E-state index is 0.301. The van der Waals surface area contributed by atoms with E-state index in [1.54, 1.807) is 12.1 Å². The molecule has 0 radical (unpaired) electrons. The van der Waals surface area contributed by atoms with Gasteiger partial charge in [-0.05, 0) is 40.5 Å². The highest BCUT2D eigenvalue weighted by Gasteiger charge is 2.10. The van der Waals surface area contributed by atoms with Crippen molar-refractivity contribution in [2.24, 2.45) is 0 Å². The van der Waals surface area contributed by atoms with Crippen LogP contribution in [0.5, 0.6) is 11.6 Å². The van der Waals surface area contributed by atoms with E-state index >= 15 is 0 Å². The molecule has 0 spiro atoms. The molecular formula is C11H7BrCl2N2O. The molecule has 2 aromatic rings. The van der Waals surface area contributed by atoms with E-state index in [2.05, 4.69) is 25.9 Å². The Morgan fingerprint density at radius 2 is 2.00 bits per heavy atom. The van der Waals surface area contributed by atoms with Gasteiger partial charge in [0.05, 0.1) is 0 Å². The lowest BCUT2D eigenvalue weighted by molar-refractivity contribution is 0.455. The third-order valence-electron chi connectivity index (χ3n) is 2.07. The van der Waals surface area contributed by atoms with Crippen molar-refractivity contribution in [3.05, 3.63) is 44.7 Å². The second-order valence-electron chi connectivity index (χ2n) is 3.30. The van der Waals surface area contributed by atoms with Gasteiger partial charge < -0.3 is 4.74 Å². The summed E-state index contributed by atoms with van der Waals surface area (Å²) in [5.74, 6) is 0.989. The molecule has 0 N–H and O–H groups in total. The molecule has 1 aromatic carbocycles. The van der Waals surface area contributed by atoms with Gasteiger partial charge in [-0.15, -0.1) is 0 Å². The van der Waals surface area contributed by atoms with Crippen LogP contribution in [0.15, 0.2) is 29.0 Å². The van der Waals surface area contributed by atoms with Gasteiger partial charge in [0.15, 0.2) is 5.15 Å². The number of nitrogens with zero attached hydrogens (tertiary/aromatic N) is 2. The standard InChI is InChI=1S/C11H7BrCl2N2O/c1-6-2-3-7(13)4-8(6)17-11-9(12)10(14)15-5-16-11/h2-5H,1H3. The SMILES string of the molecule is Cc1ccc(Cl)cc1Oc1ncnc(Cl)c1Br. The van der Waals surface area contributed by atoms with Crippen molar-refractivity contribution in [2.75, 3.05) is 0 Å². The Morgan fingerprint density at radius 3 is 2.76 bits per heavy atom. The van der Waals surface area contributed by atoms with Gasteiger partial charge in [-0.3, -0.25) is 0 Å². The molecule has 1 aromatic heterocycles. The zero-order chi connectivity index (χ0) is 12.4. The summed E-state index contributed by atoms with van der Waals surface area (Å²) in [5.41, 5.74) is 0.955. The maximum atomic E-state index is 5.90. The largest absolute Gasteiger partial charge is 0.437 e. The summed E-state index contributed by atoms with van der Waals surface area (Å²) in [6.07, 6.45) is 1.34. The molecule has 0 amide bonds. The van der Waals surface area contributed by atoms with Crippen LogP contribution in [0.25, 0.3) is 0 Å². The van der Waals surface area contributed by atoms with Gasteiger partial charge in [-0.2, -0.15) is 0 Å². The van der Waals surface area contributed by atoms with Crippen molar-refractivity contribution in [3.8, 4) is 11.6 Å². The molecular weight excluding hydrogens is 327 g/mol. The predicted molar refractivity (Wildman–Crippen MR) is 71.0 cm³/mol. The Hall–Kier alpha value is -0.840. The van der Waals surface area contributed by atoms with Crippen LogP contribution >= 0.6 is 39.1 Å². The number of aromatic nitrogens is 2. The van der Waals surface area contributed by atoms with E-state index < -0.39 is 0 Å². The fraction of sp³-hybridized carbons (Fsp3) is 0.0909. The third-order valence-corrected chi connectivity index (χ3v) is 3.54. The molecule has 0 atom stereocenters. The van der Waals surface area contributed by atoms with Crippen LogP contribution in [0, 0.1) is 6.92 Å². The van der Waals surface area contributed by atoms with Gasteiger partial charge in [0.2, 0.25) is 5.88 Å². The first kappa shape index (κ1) is 12.6. The van der Waals surface area contributed by atoms with Crippen LogP contribution in [0.1, 0.15) is 5.56 Å². The van der Waals surface area contributed by atoms with E-state index in [0.717, 1.165) is 5.56 Å². The number of rotatable bonds is 2. The van der Waals surface area contributed by atoms with Crippen LogP contribution in [-0.4, -0.2) is 9.97 Å². The number of hydrogen-bond donors (Lipinski definition) is 0. The Morgan fingerprint density at radius 1 is 1.24 bits per heavy atom. The maximum absolute atomic E-state index is 5.90. The molecule has 0 bridgehead atoms. The topological polar surface area (TPSA) is 35.0 Å². The number of aryl methyl sites for hydroxylation is 1. The van der Waals surface area contributed by atoms with Crippen LogP contribution < -0.4 is 4.74 Å². The van der Waals surface area contributed by atoms with E-state index in [0.29, 0.717) is 26.3 Å². The second kappa shape index (κ2) is 5.21. The average Bonchev–Trinajstić information content (AvgIpc) is 2.30. The second-order valence-corrected chi connectivity index (χ2v) is 4.88. The fourth-order valence-corrected chi connectivity index (χ4v) is 1.77. The lowest BCUT2D eigenvalue weighted by atomic mass is 10.2. The van der Waals surface area contributed by atoms with Crippen LogP contribution in [-0.2, 0) is 0 Å². The van der Waals surface area contributed by atoms with Crippen LogP contribution in [0.4, 0.5) is 0 Å². The van der Waals surface area contributed by atoms with Gasteiger partial charge >= 0.3 is 0 Å². The van der Waals surface area contributed by atoms with Crippen molar-refractivity contribution in [3.63, 3.8) is 0 Å². The highest BCUT2D eigenvalue weighted by molar-refractivity contribution is 9.10. The minimum absolute atomic E-state index is 0.301. The molecule has 0 aliphatic rings. The number of halogens is 3. The molecule has 3 nitrogen and oxygen atoms in total. The fourth-order valence-electron chi connectivity index (χ4n) is 1.19. The summed E-state index contributed by atoms with van der Waals surface area (Å²) in [7, 11) is 0. The molecule has 0 fully saturated rings. The Labute approximate surface area is 117 Å². The molecule has 6 heteroatoms. The summed E-state index contributed by atoms with van der Waals surface area (Å²) in [6.45, 7) is 1.92. The smallest absolute Gasteiger partial charge is 0.238 e. The lowest BCUT2D eigenvalue weighted by Crippen LogP contribution is -1.93. The van der Waals surface area contributed by atoms with Crippen molar-refractivity contribution < 1.29 is 4.74 Å². The quantitative estimate of drug-likeness (QED) is 0.750. The summed E-state index contributed by atoms with van der Waals surface area (Å²) in [5, 5.41) is 0.900. The highest BCUT2D eigenvalue weighted by Crippen LogP contribution is 2.33. The molecule has 0 saturated carbocycles. The molecule has 0 unspecified atom stereocenters. The van der Waals surface area contributed by atoms with Gasteiger partial charge in [-0.25, -0.2) is 9.97 Å². The van der Waals surface area contributed by atoms with Crippen LogP contribution in [0.2, 0.25) is 10.2 Å². The van der Waals surface area contributed by atoms with Gasteiger partial charge in [0, 0.05) is 5.02 Å². The summed E-state index contributed by atoms with van der Waals surface area (Å²) >= 11 is 15.0. The normalized spacial score (nSPS) is 10.4. The zero-order valence-corrected chi connectivity index (χ0v) is 11.8. The number of ether oxygens (including phenoxy) is 1. The molecule has 2 rings (SSSR count). The average molecular weight is 334 g/mol. The Bertz CT molecular complexity index is 563. The summed E-state index contributed by atoms with van der Waals surface area (Å²) in [6, 6.07) is 5.39.